The van der Waals surface area contributed by atoms with Crippen LogP contribution in [0.3, 0.4) is 0 Å². The normalized spacial score (nSPS) is 14.0. The number of nitrogen functional groups attached to an aromatic ring is 1. The first kappa shape index (κ1) is 21.6. The fraction of sp³-hybridized carbons (Fsp3) is 0.269. The number of benzene rings is 1. The molecule has 0 spiro atoms. The van der Waals surface area contributed by atoms with Crippen molar-refractivity contribution in [2.75, 3.05) is 32.0 Å². The standard InChI is InChI=1S/C26H27N5OS/c1-18-5-4-6-22(29-18)25-24(30-26(27)33-25)20-11-12-28-23(17-20)19-7-9-21(10-8-19)32-16-15-31-13-2-3-14-31/h4-12,17H,2-3,13-16H2,1H3,(H2,27,30). The van der Waals surface area contributed by atoms with Crippen molar-refractivity contribution in [1.82, 2.24) is 19.9 Å². The number of nitrogens with two attached hydrogens (primary N) is 1. The molecule has 4 aromatic rings. The maximum atomic E-state index is 6.08. The summed E-state index contributed by atoms with van der Waals surface area (Å²) in [4.78, 5) is 17.3. The Hall–Kier alpha value is -3.29. The molecule has 0 unspecified atom stereocenters. The van der Waals surface area contributed by atoms with Gasteiger partial charge >= 0.3 is 0 Å². The first-order valence-corrected chi connectivity index (χ1v) is 12.1. The average Bonchev–Trinajstić information content (AvgIpc) is 3.49. The third kappa shape index (κ3) is 5.05. The molecule has 7 heteroatoms. The number of hydrogen-bond acceptors (Lipinski definition) is 7. The highest BCUT2D eigenvalue weighted by atomic mass is 32.1. The number of ether oxygens (including phenoxy) is 1. The van der Waals surface area contributed by atoms with Gasteiger partial charge in [0.2, 0.25) is 0 Å². The van der Waals surface area contributed by atoms with Crippen molar-refractivity contribution in [3.63, 3.8) is 0 Å². The van der Waals surface area contributed by atoms with Gasteiger partial charge < -0.3 is 10.5 Å². The minimum atomic E-state index is 0.525. The van der Waals surface area contributed by atoms with Gasteiger partial charge in [-0.3, -0.25) is 14.9 Å². The molecule has 1 aliphatic rings. The van der Waals surface area contributed by atoms with Crippen LogP contribution in [0.25, 0.3) is 33.1 Å². The lowest BCUT2D eigenvalue weighted by atomic mass is 10.1. The first-order valence-electron chi connectivity index (χ1n) is 11.3. The number of pyridine rings is 2. The van der Waals surface area contributed by atoms with E-state index < -0.39 is 0 Å². The van der Waals surface area contributed by atoms with Crippen LogP contribution in [0, 0.1) is 6.92 Å². The summed E-state index contributed by atoms with van der Waals surface area (Å²) in [7, 11) is 0. The predicted octanol–water partition coefficient (Wildman–Crippen LogP) is 5.30. The lowest BCUT2D eigenvalue weighted by molar-refractivity contribution is 0.238. The van der Waals surface area contributed by atoms with E-state index in [0.29, 0.717) is 11.7 Å². The fourth-order valence-electron chi connectivity index (χ4n) is 4.13. The maximum absolute atomic E-state index is 6.08. The minimum absolute atomic E-state index is 0.525. The Kier molecular flexibility index (Phi) is 6.32. The molecule has 0 aliphatic carbocycles. The van der Waals surface area contributed by atoms with Crippen LogP contribution >= 0.6 is 11.3 Å². The van der Waals surface area contributed by atoms with Crippen molar-refractivity contribution in [2.45, 2.75) is 19.8 Å². The molecule has 0 amide bonds. The van der Waals surface area contributed by atoms with Gasteiger partial charge in [0.25, 0.3) is 0 Å². The summed E-state index contributed by atoms with van der Waals surface area (Å²) in [5.41, 5.74) is 11.6. The van der Waals surface area contributed by atoms with E-state index in [9.17, 15) is 0 Å². The number of likely N-dealkylation sites (tertiary alicyclic amines) is 1. The Morgan fingerprint density at radius 1 is 0.970 bits per heavy atom. The van der Waals surface area contributed by atoms with Crippen LogP contribution in [-0.4, -0.2) is 46.1 Å². The molecular weight excluding hydrogens is 430 g/mol. The van der Waals surface area contributed by atoms with E-state index in [1.54, 1.807) is 0 Å². The van der Waals surface area contributed by atoms with Crippen molar-refractivity contribution in [1.29, 1.82) is 0 Å². The van der Waals surface area contributed by atoms with Crippen molar-refractivity contribution < 1.29 is 4.74 Å². The molecule has 4 heterocycles. The van der Waals surface area contributed by atoms with E-state index in [1.165, 1.54) is 37.3 Å². The molecule has 168 valence electrons. The van der Waals surface area contributed by atoms with E-state index in [0.717, 1.165) is 51.1 Å². The molecule has 0 bridgehead atoms. The van der Waals surface area contributed by atoms with Gasteiger partial charge in [-0.15, -0.1) is 0 Å². The molecule has 33 heavy (non-hydrogen) atoms. The van der Waals surface area contributed by atoms with Gasteiger partial charge in [-0.05, 0) is 81.4 Å². The summed E-state index contributed by atoms with van der Waals surface area (Å²) < 4.78 is 5.94. The summed E-state index contributed by atoms with van der Waals surface area (Å²) in [5, 5.41) is 0.525. The van der Waals surface area contributed by atoms with Gasteiger partial charge in [-0.1, -0.05) is 17.4 Å². The molecule has 0 radical (unpaired) electrons. The summed E-state index contributed by atoms with van der Waals surface area (Å²) in [5.74, 6) is 0.884. The van der Waals surface area contributed by atoms with Gasteiger partial charge in [0.05, 0.1) is 22.0 Å². The van der Waals surface area contributed by atoms with Crippen LogP contribution in [0.1, 0.15) is 18.5 Å². The first-order chi connectivity index (χ1) is 16.2. The van der Waals surface area contributed by atoms with Gasteiger partial charge in [0.15, 0.2) is 5.13 Å². The number of thiazole rings is 1. The van der Waals surface area contributed by atoms with Gasteiger partial charge in [0.1, 0.15) is 12.4 Å². The van der Waals surface area contributed by atoms with Crippen LogP contribution in [0.4, 0.5) is 5.13 Å². The van der Waals surface area contributed by atoms with Crippen LogP contribution in [0.2, 0.25) is 0 Å². The lowest BCUT2D eigenvalue weighted by Gasteiger charge is -2.15. The van der Waals surface area contributed by atoms with Crippen LogP contribution in [0.5, 0.6) is 5.75 Å². The number of anilines is 1. The molecule has 0 saturated carbocycles. The van der Waals surface area contributed by atoms with E-state index in [1.807, 2.05) is 49.5 Å². The molecule has 5 rings (SSSR count). The largest absolute Gasteiger partial charge is 0.492 e. The van der Waals surface area contributed by atoms with Crippen molar-refractivity contribution >= 4 is 16.5 Å². The van der Waals surface area contributed by atoms with Gasteiger partial charge in [0, 0.05) is 29.6 Å². The lowest BCUT2D eigenvalue weighted by Crippen LogP contribution is -2.25. The molecule has 0 atom stereocenters. The third-order valence-electron chi connectivity index (χ3n) is 5.82. The number of hydrogen-bond donors (Lipinski definition) is 1. The Morgan fingerprint density at radius 3 is 2.58 bits per heavy atom. The Balaban J connectivity index is 1.35. The van der Waals surface area contributed by atoms with E-state index in [2.05, 4.69) is 38.1 Å². The highest BCUT2D eigenvalue weighted by Gasteiger charge is 2.16. The molecule has 1 aliphatic heterocycles. The van der Waals surface area contributed by atoms with Crippen LogP contribution in [-0.2, 0) is 0 Å². The zero-order chi connectivity index (χ0) is 22.6. The minimum Gasteiger partial charge on any atom is -0.492 e. The summed E-state index contributed by atoms with van der Waals surface area (Å²) in [6.45, 7) is 6.07. The number of rotatable bonds is 7. The second-order valence-corrected chi connectivity index (χ2v) is 9.28. The monoisotopic (exact) mass is 457 g/mol. The molecule has 1 fully saturated rings. The SMILES string of the molecule is Cc1cccc(-c2sc(N)nc2-c2ccnc(-c3ccc(OCCN4CCCC4)cc3)c2)n1. The Bertz CT molecular complexity index is 1230. The quantitative estimate of drug-likeness (QED) is 0.406. The van der Waals surface area contributed by atoms with Crippen molar-refractivity contribution in [3.05, 3.63) is 66.5 Å². The van der Waals surface area contributed by atoms with Gasteiger partial charge in [-0.2, -0.15) is 0 Å². The number of nitrogens with zero attached hydrogens (tertiary/aromatic N) is 4. The summed E-state index contributed by atoms with van der Waals surface area (Å²) in [6.07, 6.45) is 4.42. The highest BCUT2D eigenvalue weighted by molar-refractivity contribution is 7.19. The number of aromatic nitrogens is 3. The van der Waals surface area contributed by atoms with Crippen LogP contribution < -0.4 is 10.5 Å². The molecule has 2 N–H and O–H groups in total. The summed E-state index contributed by atoms with van der Waals surface area (Å²) in [6, 6.07) is 18.1. The summed E-state index contributed by atoms with van der Waals surface area (Å²) >= 11 is 1.45. The van der Waals surface area contributed by atoms with Gasteiger partial charge in [-0.25, -0.2) is 4.98 Å². The molecule has 1 aromatic carbocycles. The molecule has 3 aromatic heterocycles. The smallest absolute Gasteiger partial charge is 0.181 e. The Morgan fingerprint density at radius 2 is 1.79 bits per heavy atom. The van der Waals surface area contributed by atoms with E-state index in [4.69, 9.17) is 10.5 Å². The molecular formula is C26H27N5OS. The zero-order valence-corrected chi connectivity index (χ0v) is 19.5. The predicted molar refractivity (Wildman–Crippen MR) is 134 cm³/mol. The molecule has 1 saturated heterocycles. The third-order valence-corrected chi connectivity index (χ3v) is 6.73. The van der Waals surface area contributed by atoms with Crippen molar-refractivity contribution in [3.8, 4) is 38.8 Å². The zero-order valence-electron chi connectivity index (χ0n) is 18.7. The number of aryl methyl sites for hydroxylation is 1. The highest BCUT2D eigenvalue weighted by Crippen LogP contribution is 2.38. The second-order valence-electron chi connectivity index (χ2n) is 8.25. The topological polar surface area (TPSA) is 77.2 Å². The second kappa shape index (κ2) is 9.68. The average molecular weight is 458 g/mol. The molecule has 6 nitrogen and oxygen atoms in total. The fourth-order valence-corrected chi connectivity index (χ4v) is 4.96. The Labute approximate surface area is 198 Å². The van der Waals surface area contributed by atoms with Crippen molar-refractivity contribution in [2.24, 2.45) is 0 Å². The van der Waals surface area contributed by atoms with Crippen LogP contribution in [0.15, 0.2) is 60.8 Å². The van der Waals surface area contributed by atoms with E-state index in [-0.39, 0.29) is 0 Å². The maximum Gasteiger partial charge on any atom is 0.181 e. The van der Waals surface area contributed by atoms with E-state index >= 15 is 0 Å².